The Balaban J connectivity index is 0.00000242. The maximum absolute atomic E-state index is 4.37. The Bertz CT molecular complexity index is 437. The molecule has 0 aromatic carbocycles. The number of guanidine groups is 1. The first-order chi connectivity index (χ1) is 10.2. The molecule has 3 atom stereocenters. The third-order valence-electron chi connectivity index (χ3n) is 4.04. The third kappa shape index (κ3) is 6.28. The van der Waals surface area contributed by atoms with Crippen LogP contribution < -0.4 is 10.6 Å². The molecule has 1 aromatic heterocycles. The van der Waals surface area contributed by atoms with Gasteiger partial charge >= 0.3 is 0 Å². The van der Waals surface area contributed by atoms with Crippen molar-refractivity contribution in [3.8, 4) is 0 Å². The molecule has 0 bridgehead atoms. The van der Waals surface area contributed by atoms with Crippen LogP contribution in [0.25, 0.3) is 0 Å². The molecule has 0 spiro atoms. The third-order valence-corrected chi connectivity index (χ3v) is 5.97. The summed E-state index contributed by atoms with van der Waals surface area (Å²) in [5, 5.41) is 12.2. The van der Waals surface area contributed by atoms with Crippen molar-refractivity contribution in [2.24, 2.45) is 4.99 Å². The number of aliphatic imine (C=N–C) groups is 1. The van der Waals surface area contributed by atoms with Crippen LogP contribution >= 0.6 is 47.1 Å². The number of thioether (sulfide) groups is 1. The van der Waals surface area contributed by atoms with Gasteiger partial charge in [0.15, 0.2) is 5.96 Å². The topological polar surface area (TPSA) is 36.4 Å². The predicted molar refractivity (Wildman–Crippen MR) is 112 cm³/mol. The van der Waals surface area contributed by atoms with E-state index >= 15 is 0 Å². The molecule has 0 saturated heterocycles. The van der Waals surface area contributed by atoms with Gasteiger partial charge in [-0.1, -0.05) is 13.8 Å². The highest BCUT2D eigenvalue weighted by Gasteiger charge is 2.25. The Kier molecular flexibility index (Phi) is 9.82. The average molecular weight is 453 g/mol. The highest BCUT2D eigenvalue weighted by atomic mass is 127. The van der Waals surface area contributed by atoms with Crippen LogP contribution in [0.2, 0.25) is 0 Å². The molecule has 1 fully saturated rings. The Morgan fingerprint density at radius 2 is 2.32 bits per heavy atom. The van der Waals surface area contributed by atoms with E-state index in [9.17, 15) is 0 Å². The van der Waals surface area contributed by atoms with Crippen molar-refractivity contribution in [2.45, 2.75) is 50.3 Å². The van der Waals surface area contributed by atoms with Gasteiger partial charge < -0.3 is 10.6 Å². The van der Waals surface area contributed by atoms with Crippen LogP contribution in [0.1, 0.15) is 44.6 Å². The van der Waals surface area contributed by atoms with Gasteiger partial charge in [0.2, 0.25) is 0 Å². The Morgan fingerprint density at radius 3 is 2.95 bits per heavy atom. The summed E-state index contributed by atoms with van der Waals surface area (Å²) in [5.41, 5.74) is 1.41. The number of halogens is 1. The van der Waals surface area contributed by atoms with E-state index in [-0.39, 0.29) is 24.0 Å². The predicted octanol–water partition coefficient (Wildman–Crippen LogP) is 4.31. The number of thiophene rings is 1. The molecule has 1 aliphatic carbocycles. The van der Waals surface area contributed by atoms with Crippen molar-refractivity contribution in [1.82, 2.24) is 10.6 Å². The molecule has 0 aliphatic heterocycles. The van der Waals surface area contributed by atoms with E-state index in [1.807, 2.05) is 7.05 Å². The van der Waals surface area contributed by atoms with Crippen LogP contribution in [-0.2, 0) is 0 Å². The number of hydrogen-bond donors (Lipinski definition) is 2. The van der Waals surface area contributed by atoms with Crippen molar-refractivity contribution in [3.05, 3.63) is 22.4 Å². The minimum absolute atomic E-state index is 0. The van der Waals surface area contributed by atoms with Gasteiger partial charge in [0.1, 0.15) is 0 Å². The van der Waals surface area contributed by atoms with Gasteiger partial charge in [0.05, 0.1) is 0 Å². The normalized spacial score (nSPS) is 23.0. The van der Waals surface area contributed by atoms with Gasteiger partial charge in [-0.3, -0.25) is 4.99 Å². The van der Waals surface area contributed by atoms with Crippen LogP contribution in [0.3, 0.4) is 0 Å². The van der Waals surface area contributed by atoms with Crippen molar-refractivity contribution in [2.75, 3.05) is 19.3 Å². The van der Waals surface area contributed by atoms with Crippen LogP contribution in [0.4, 0.5) is 0 Å². The van der Waals surface area contributed by atoms with Crippen LogP contribution in [0, 0.1) is 0 Å². The summed E-state index contributed by atoms with van der Waals surface area (Å²) in [5.74, 6) is 2.69. The Hall–Kier alpha value is 0.0500. The van der Waals surface area contributed by atoms with Crippen molar-refractivity contribution in [3.63, 3.8) is 0 Å². The number of rotatable bonds is 6. The van der Waals surface area contributed by atoms with Gasteiger partial charge in [-0.2, -0.15) is 23.1 Å². The van der Waals surface area contributed by atoms with E-state index in [0.717, 1.165) is 17.8 Å². The van der Waals surface area contributed by atoms with Gasteiger partial charge in [-0.15, -0.1) is 24.0 Å². The summed E-state index contributed by atoms with van der Waals surface area (Å²) in [6.45, 7) is 5.43. The molecule has 126 valence electrons. The Morgan fingerprint density at radius 1 is 1.50 bits per heavy atom. The second kappa shape index (κ2) is 10.8. The molecule has 0 radical (unpaired) electrons. The zero-order valence-corrected chi connectivity index (χ0v) is 17.6. The van der Waals surface area contributed by atoms with Gasteiger partial charge in [-0.05, 0) is 53.3 Å². The molecule has 1 aliphatic rings. The van der Waals surface area contributed by atoms with E-state index in [1.54, 1.807) is 11.3 Å². The highest BCUT2D eigenvalue weighted by molar-refractivity contribution is 14.0. The van der Waals surface area contributed by atoms with E-state index in [4.69, 9.17) is 0 Å². The van der Waals surface area contributed by atoms with E-state index < -0.39 is 0 Å². The lowest BCUT2D eigenvalue weighted by molar-refractivity contribution is 0.606. The molecule has 22 heavy (non-hydrogen) atoms. The van der Waals surface area contributed by atoms with Crippen LogP contribution in [0.5, 0.6) is 0 Å². The fraction of sp³-hybridized carbons (Fsp3) is 0.688. The van der Waals surface area contributed by atoms with Crippen LogP contribution in [-0.4, -0.2) is 36.6 Å². The maximum Gasteiger partial charge on any atom is 0.191 e. The fourth-order valence-electron chi connectivity index (χ4n) is 2.77. The maximum atomic E-state index is 4.37. The summed E-state index contributed by atoms with van der Waals surface area (Å²) in [4.78, 5) is 4.37. The molecule has 2 rings (SSSR count). The molecule has 2 N–H and O–H groups in total. The van der Waals surface area contributed by atoms with Crippen LogP contribution in [0.15, 0.2) is 21.8 Å². The molecule has 6 heteroatoms. The zero-order chi connectivity index (χ0) is 15.1. The monoisotopic (exact) mass is 453 g/mol. The average Bonchev–Trinajstić information content (AvgIpc) is 3.15. The molecule has 3 unspecified atom stereocenters. The second-order valence-corrected chi connectivity index (χ2v) is 8.00. The molecule has 1 heterocycles. The number of hydrogen-bond acceptors (Lipinski definition) is 3. The first-order valence-electron chi connectivity index (χ1n) is 7.83. The number of nitrogens with one attached hydrogen (secondary N) is 2. The zero-order valence-electron chi connectivity index (χ0n) is 13.7. The molecule has 1 saturated carbocycles. The smallest absolute Gasteiger partial charge is 0.191 e. The SMILES string of the molecule is CCSC1CCC(NC(=NC)NCC(C)c2ccsc2)C1.I. The highest BCUT2D eigenvalue weighted by Crippen LogP contribution is 2.29. The van der Waals surface area contributed by atoms with E-state index in [2.05, 4.69) is 58.1 Å². The lowest BCUT2D eigenvalue weighted by Gasteiger charge is -2.19. The lowest BCUT2D eigenvalue weighted by Crippen LogP contribution is -2.43. The summed E-state index contributed by atoms with van der Waals surface area (Å²) in [6.07, 6.45) is 3.86. The van der Waals surface area contributed by atoms with Gasteiger partial charge in [0, 0.05) is 24.9 Å². The summed E-state index contributed by atoms with van der Waals surface area (Å²) < 4.78 is 0. The quantitative estimate of drug-likeness (QED) is 0.383. The molecule has 3 nitrogen and oxygen atoms in total. The molecular weight excluding hydrogens is 425 g/mol. The van der Waals surface area contributed by atoms with E-state index in [0.29, 0.717) is 12.0 Å². The largest absolute Gasteiger partial charge is 0.356 e. The van der Waals surface area contributed by atoms with Crippen molar-refractivity contribution in [1.29, 1.82) is 0 Å². The molecule has 1 aromatic rings. The summed E-state index contributed by atoms with van der Waals surface area (Å²) in [6, 6.07) is 2.79. The van der Waals surface area contributed by atoms with Crippen molar-refractivity contribution >= 4 is 53.0 Å². The lowest BCUT2D eigenvalue weighted by atomic mass is 10.1. The Labute approximate surface area is 160 Å². The van der Waals surface area contributed by atoms with E-state index in [1.165, 1.54) is 30.6 Å². The van der Waals surface area contributed by atoms with Gasteiger partial charge in [0.25, 0.3) is 0 Å². The second-order valence-electron chi connectivity index (χ2n) is 5.64. The number of nitrogens with zero attached hydrogens (tertiary/aromatic N) is 1. The van der Waals surface area contributed by atoms with Gasteiger partial charge in [-0.25, -0.2) is 0 Å². The summed E-state index contributed by atoms with van der Waals surface area (Å²) in [7, 11) is 1.86. The summed E-state index contributed by atoms with van der Waals surface area (Å²) >= 11 is 3.86. The minimum atomic E-state index is 0. The molecule has 0 amide bonds. The first kappa shape index (κ1) is 20.1. The fourth-order valence-corrected chi connectivity index (χ4v) is 4.69. The standard InChI is InChI=1S/C16H27N3S2.HI/c1-4-21-15-6-5-14(9-15)19-16(17-3)18-10-12(2)13-7-8-20-11-13;/h7-8,11-12,14-15H,4-6,9-10H2,1-3H3,(H2,17,18,19);1H. The van der Waals surface area contributed by atoms with Crippen molar-refractivity contribution < 1.29 is 0 Å². The molecular formula is C16H28IN3S2. The minimum Gasteiger partial charge on any atom is -0.356 e. The first-order valence-corrected chi connectivity index (χ1v) is 9.83.